The number of carbonyl (C=O) groups is 1. The molecule has 0 bridgehead atoms. The third kappa shape index (κ3) is 3.80. The van der Waals surface area contributed by atoms with Gasteiger partial charge in [-0.1, -0.05) is 6.07 Å². The lowest BCUT2D eigenvalue weighted by molar-refractivity contribution is -0.141. The highest BCUT2D eigenvalue weighted by atomic mass is 35.5. The normalized spacial score (nSPS) is 14.2. The summed E-state index contributed by atoms with van der Waals surface area (Å²) < 4.78 is 40.3. The maximum absolute atomic E-state index is 12.9. The molecule has 150 valence electrons. The van der Waals surface area contributed by atoms with Gasteiger partial charge in [0.15, 0.2) is 5.82 Å². The molecule has 1 aliphatic heterocycles. The minimum absolute atomic E-state index is 0.0384. The SMILES string of the molecule is Cc1cnc(Cl)nc1-c1cn2c(n1)C(=O)N(Cc1cccc(C(F)(F)F)n1)CC2. The number of pyridine rings is 1. The lowest BCUT2D eigenvalue weighted by atomic mass is 10.2. The Balaban J connectivity index is 1.59. The van der Waals surface area contributed by atoms with Crippen LogP contribution in [0.1, 0.15) is 27.6 Å². The first-order chi connectivity index (χ1) is 13.7. The van der Waals surface area contributed by atoms with Gasteiger partial charge in [-0.25, -0.2) is 19.9 Å². The predicted octanol–water partition coefficient (Wildman–Crippen LogP) is 3.37. The van der Waals surface area contributed by atoms with E-state index in [9.17, 15) is 18.0 Å². The number of fused-ring (bicyclic) bond motifs is 1. The van der Waals surface area contributed by atoms with Crippen LogP contribution in [0.4, 0.5) is 13.2 Å². The number of nitrogens with zero attached hydrogens (tertiary/aromatic N) is 6. The van der Waals surface area contributed by atoms with Gasteiger partial charge in [0, 0.05) is 25.5 Å². The van der Waals surface area contributed by atoms with E-state index in [0.717, 1.165) is 11.6 Å². The molecule has 0 saturated heterocycles. The highest BCUT2D eigenvalue weighted by Gasteiger charge is 2.33. The molecular formula is C18H14ClF3N6O. The van der Waals surface area contributed by atoms with Crippen molar-refractivity contribution >= 4 is 17.5 Å². The van der Waals surface area contributed by atoms with E-state index in [2.05, 4.69) is 19.9 Å². The van der Waals surface area contributed by atoms with Crippen molar-refractivity contribution in [1.29, 1.82) is 0 Å². The fraction of sp³-hybridized carbons (Fsp3) is 0.278. The summed E-state index contributed by atoms with van der Waals surface area (Å²) in [5.74, 6) is -0.202. The molecule has 0 atom stereocenters. The summed E-state index contributed by atoms with van der Waals surface area (Å²) in [5, 5.41) is 0.0696. The van der Waals surface area contributed by atoms with E-state index in [-0.39, 0.29) is 29.3 Å². The molecule has 4 heterocycles. The van der Waals surface area contributed by atoms with Gasteiger partial charge in [-0.2, -0.15) is 13.2 Å². The van der Waals surface area contributed by atoms with Crippen LogP contribution >= 0.6 is 11.6 Å². The third-order valence-corrected chi connectivity index (χ3v) is 4.68. The minimum Gasteiger partial charge on any atom is -0.328 e. The highest BCUT2D eigenvalue weighted by molar-refractivity contribution is 6.28. The van der Waals surface area contributed by atoms with Gasteiger partial charge in [0.25, 0.3) is 5.91 Å². The maximum Gasteiger partial charge on any atom is 0.433 e. The molecule has 0 spiro atoms. The first-order valence-electron chi connectivity index (χ1n) is 8.61. The number of hydrogen-bond donors (Lipinski definition) is 0. The fourth-order valence-electron chi connectivity index (χ4n) is 3.09. The summed E-state index contributed by atoms with van der Waals surface area (Å²) in [5.41, 5.74) is 0.925. The largest absolute Gasteiger partial charge is 0.433 e. The van der Waals surface area contributed by atoms with Crippen LogP contribution in [0.15, 0.2) is 30.6 Å². The van der Waals surface area contributed by atoms with Crippen LogP contribution < -0.4 is 0 Å². The number of hydrogen-bond acceptors (Lipinski definition) is 5. The van der Waals surface area contributed by atoms with Crippen molar-refractivity contribution in [3.8, 4) is 11.4 Å². The molecule has 0 saturated carbocycles. The Morgan fingerprint density at radius 1 is 1.17 bits per heavy atom. The summed E-state index contributed by atoms with van der Waals surface area (Å²) >= 11 is 5.86. The second-order valence-corrected chi connectivity index (χ2v) is 6.89. The zero-order valence-electron chi connectivity index (χ0n) is 15.1. The molecule has 0 radical (unpaired) electrons. The maximum atomic E-state index is 12.9. The van der Waals surface area contributed by atoms with Gasteiger partial charge in [0.05, 0.1) is 17.9 Å². The predicted molar refractivity (Wildman–Crippen MR) is 97.0 cm³/mol. The average Bonchev–Trinajstić information content (AvgIpc) is 3.10. The Morgan fingerprint density at radius 2 is 1.97 bits per heavy atom. The number of aromatic nitrogens is 5. The van der Waals surface area contributed by atoms with E-state index in [1.54, 1.807) is 23.9 Å². The van der Waals surface area contributed by atoms with E-state index < -0.39 is 11.9 Å². The zero-order valence-corrected chi connectivity index (χ0v) is 15.9. The van der Waals surface area contributed by atoms with Gasteiger partial charge in [-0.15, -0.1) is 0 Å². The van der Waals surface area contributed by atoms with Gasteiger partial charge in [0.2, 0.25) is 5.28 Å². The first-order valence-corrected chi connectivity index (χ1v) is 8.99. The average molecular weight is 423 g/mol. The first kappa shape index (κ1) is 19.3. The van der Waals surface area contributed by atoms with Crippen LogP contribution in [0.2, 0.25) is 5.28 Å². The molecule has 0 aliphatic carbocycles. The monoisotopic (exact) mass is 422 g/mol. The van der Waals surface area contributed by atoms with Crippen LogP contribution in [-0.2, 0) is 19.3 Å². The van der Waals surface area contributed by atoms with Gasteiger partial charge in [-0.05, 0) is 36.2 Å². The summed E-state index contributed by atoms with van der Waals surface area (Å²) in [6.45, 7) is 2.54. The topological polar surface area (TPSA) is 76.8 Å². The van der Waals surface area contributed by atoms with Crippen LogP contribution in [0, 0.1) is 6.92 Å². The highest BCUT2D eigenvalue weighted by Crippen LogP contribution is 2.28. The summed E-state index contributed by atoms with van der Waals surface area (Å²) in [6.07, 6.45) is -1.26. The van der Waals surface area contributed by atoms with E-state index in [1.165, 1.54) is 17.0 Å². The Hall–Kier alpha value is -3.01. The second-order valence-electron chi connectivity index (χ2n) is 6.55. The Labute approximate surface area is 168 Å². The molecule has 7 nitrogen and oxygen atoms in total. The molecule has 3 aromatic rings. The molecule has 0 unspecified atom stereocenters. The van der Waals surface area contributed by atoms with Crippen molar-refractivity contribution in [2.75, 3.05) is 6.54 Å². The molecule has 11 heteroatoms. The van der Waals surface area contributed by atoms with Crippen LogP contribution in [-0.4, -0.2) is 41.9 Å². The van der Waals surface area contributed by atoms with Gasteiger partial charge >= 0.3 is 6.18 Å². The van der Waals surface area contributed by atoms with Crippen molar-refractivity contribution in [3.63, 3.8) is 0 Å². The molecule has 1 amide bonds. The van der Waals surface area contributed by atoms with E-state index in [1.807, 2.05) is 0 Å². The van der Waals surface area contributed by atoms with Crippen molar-refractivity contribution in [2.45, 2.75) is 26.2 Å². The van der Waals surface area contributed by atoms with Crippen molar-refractivity contribution in [3.05, 3.63) is 58.7 Å². The molecule has 0 aromatic carbocycles. The van der Waals surface area contributed by atoms with E-state index >= 15 is 0 Å². The number of rotatable bonds is 3. The summed E-state index contributed by atoms with van der Waals surface area (Å²) in [4.78, 5) is 30.3. The lowest BCUT2D eigenvalue weighted by Gasteiger charge is -2.27. The van der Waals surface area contributed by atoms with Gasteiger partial charge < -0.3 is 9.47 Å². The number of alkyl halides is 3. The third-order valence-electron chi connectivity index (χ3n) is 4.50. The van der Waals surface area contributed by atoms with Crippen LogP contribution in [0.25, 0.3) is 11.4 Å². The van der Waals surface area contributed by atoms with Crippen LogP contribution in [0.5, 0.6) is 0 Å². The smallest absolute Gasteiger partial charge is 0.328 e. The Morgan fingerprint density at radius 3 is 2.72 bits per heavy atom. The van der Waals surface area contributed by atoms with Crippen molar-refractivity contribution in [2.24, 2.45) is 0 Å². The molecule has 3 aromatic heterocycles. The number of carbonyl (C=O) groups excluding carboxylic acids is 1. The number of amides is 1. The Bertz CT molecular complexity index is 1100. The molecular weight excluding hydrogens is 409 g/mol. The standard InChI is InChI=1S/C18H14ClF3N6O/c1-10-7-23-17(19)26-14(10)12-9-27-5-6-28(16(29)15(27)25-12)8-11-3-2-4-13(24-11)18(20,21)22/h2-4,7,9H,5-6,8H2,1H3. The molecule has 29 heavy (non-hydrogen) atoms. The minimum atomic E-state index is -4.54. The van der Waals surface area contributed by atoms with E-state index in [4.69, 9.17) is 11.6 Å². The van der Waals surface area contributed by atoms with Gasteiger partial charge in [-0.3, -0.25) is 4.79 Å². The van der Waals surface area contributed by atoms with Gasteiger partial charge in [0.1, 0.15) is 11.4 Å². The van der Waals surface area contributed by atoms with Crippen LogP contribution in [0.3, 0.4) is 0 Å². The fourth-order valence-corrected chi connectivity index (χ4v) is 3.23. The van der Waals surface area contributed by atoms with Crippen molar-refractivity contribution < 1.29 is 18.0 Å². The number of aryl methyl sites for hydroxylation is 1. The lowest BCUT2D eigenvalue weighted by Crippen LogP contribution is -2.40. The zero-order chi connectivity index (χ0) is 20.8. The summed E-state index contributed by atoms with van der Waals surface area (Å²) in [7, 11) is 0. The van der Waals surface area contributed by atoms with Crippen molar-refractivity contribution in [1.82, 2.24) is 29.4 Å². The summed E-state index contributed by atoms with van der Waals surface area (Å²) in [6, 6.07) is 3.64. The number of halogens is 4. The molecule has 0 N–H and O–H groups in total. The molecule has 4 rings (SSSR count). The molecule has 1 aliphatic rings. The molecule has 0 fully saturated rings. The van der Waals surface area contributed by atoms with E-state index in [0.29, 0.717) is 24.5 Å². The second kappa shape index (κ2) is 7.11. The number of imidazole rings is 1. The quantitative estimate of drug-likeness (QED) is 0.605. The Kier molecular flexibility index (Phi) is 4.73.